The second kappa shape index (κ2) is 7.60. The molecule has 0 bridgehead atoms. The maximum atomic E-state index is 12.3. The lowest BCUT2D eigenvalue weighted by Gasteiger charge is -2.08. The van der Waals surface area contributed by atoms with Gasteiger partial charge in [-0.2, -0.15) is 5.10 Å². The Morgan fingerprint density at radius 1 is 0.867 bits per heavy atom. The third-order valence-electron chi connectivity index (χ3n) is 4.80. The molecular weight excluding hydrogens is 374 g/mol. The van der Waals surface area contributed by atoms with Gasteiger partial charge in [-0.1, -0.05) is 66.7 Å². The van der Waals surface area contributed by atoms with Crippen LogP contribution in [0.5, 0.6) is 0 Å². The van der Waals surface area contributed by atoms with Crippen molar-refractivity contribution < 1.29 is 0 Å². The summed E-state index contributed by atoms with van der Waals surface area (Å²) < 4.78 is 0. The van der Waals surface area contributed by atoms with E-state index in [1.54, 1.807) is 6.07 Å². The van der Waals surface area contributed by atoms with Crippen LogP contribution in [0.3, 0.4) is 0 Å². The zero-order valence-corrected chi connectivity index (χ0v) is 15.9. The topological polar surface area (TPSA) is 83.0 Å². The number of pyridine rings is 1. The lowest BCUT2D eigenvalue weighted by Crippen LogP contribution is -2.12. The van der Waals surface area contributed by atoms with Crippen molar-refractivity contribution in [3.05, 3.63) is 101 Å². The highest BCUT2D eigenvalue weighted by atomic mass is 16.1. The van der Waals surface area contributed by atoms with Crippen molar-refractivity contribution in [2.24, 2.45) is 5.10 Å². The number of hydrogen-bond acceptors (Lipinski definition) is 5. The molecule has 5 aromatic rings. The van der Waals surface area contributed by atoms with E-state index >= 15 is 0 Å². The molecule has 3 aromatic carbocycles. The van der Waals surface area contributed by atoms with Crippen LogP contribution in [-0.4, -0.2) is 21.2 Å². The number of benzene rings is 3. The predicted molar refractivity (Wildman–Crippen MR) is 121 cm³/mol. The van der Waals surface area contributed by atoms with Crippen LogP contribution in [0, 0.1) is 0 Å². The average Bonchev–Trinajstić information content (AvgIpc) is 2.79. The zero-order valence-electron chi connectivity index (χ0n) is 15.9. The van der Waals surface area contributed by atoms with Gasteiger partial charge in [0.25, 0.3) is 5.56 Å². The number of para-hydroxylation sites is 2. The first kappa shape index (κ1) is 17.8. The lowest BCUT2D eigenvalue weighted by atomic mass is 10.1. The van der Waals surface area contributed by atoms with Crippen molar-refractivity contribution in [2.75, 3.05) is 5.43 Å². The van der Waals surface area contributed by atoms with E-state index in [0.717, 1.165) is 33.1 Å². The van der Waals surface area contributed by atoms with Crippen LogP contribution >= 0.6 is 0 Å². The summed E-state index contributed by atoms with van der Waals surface area (Å²) in [5.41, 5.74) is 6.53. The molecule has 0 aliphatic carbocycles. The Morgan fingerprint density at radius 2 is 1.63 bits per heavy atom. The van der Waals surface area contributed by atoms with Gasteiger partial charge in [-0.15, -0.1) is 0 Å². The number of nitrogens with zero attached hydrogens (tertiary/aromatic N) is 3. The fourth-order valence-corrected chi connectivity index (χ4v) is 3.36. The molecule has 30 heavy (non-hydrogen) atoms. The average molecular weight is 391 g/mol. The van der Waals surface area contributed by atoms with E-state index in [0.29, 0.717) is 11.5 Å². The van der Waals surface area contributed by atoms with Crippen molar-refractivity contribution in [1.29, 1.82) is 0 Å². The summed E-state index contributed by atoms with van der Waals surface area (Å²) in [6.07, 6.45) is 1.48. The molecule has 0 aliphatic rings. The number of hydrogen-bond donors (Lipinski definition) is 2. The molecule has 0 amide bonds. The van der Waals surface area contributed by atoms with Gasteiger partial charge in [0.05, 0.1) is 23.0 Å². The lowest BCUT2D eigenvalue weighted by molar-refractivity contribution is 1.15. The SMILES string of the molecule is O=c1[nH]c2ccccc2cc1C=NNc1nc(-c2ccccc2)c2ccccc2n1. The predicted octanol–water partition coefficient (Wildman–Crippen LogP) is 4.58. The summed E-state index contributed by atoms with van der Waals surface area (Å²) in [5, 5.41) is 6.10. The molecule has 0 atom stereocenters. The Morgan fingerprint density at radius 3 is 2.53 bits per heavy atom. The van der Waals surface area contributed by atoms with Gasteiger partial charge in [-0.05, 0) is 23.6 Å². The molecule has 2 heterocycles. The van der Waals surface area contributed by atoms with Crippen LogP contribution < -0.4 is 11.0 Å². The highest BCUT2D eigenvalue weighted by Crippen LogP contribution is 2.26. The third kappa shape index (κ3) is 3.42. The Labute approximate surface area is 172 Å². The van der Waals surface area contributed by atoms with Crippen LogP contribution in [0.1, 0.15) is 5.56 Å². The standard InChI is InChI=1S/C24H17N5O/c30-23-18(14-17-10-4-6-12-20(17)26-23)15-25-29-24-27-21-13-7-5-11-19(21)22(28-24)16-8-2-1-3-9-16/h1-15H,(H,26,30)(H,27,28,29). The number of aromatic nitrogens is 3. The van der Waals surface area contributed by atoms with Gasteiger partial charge in [-0.25, -0.2) is 15.4 Å². The molecule has 0 radical (unpaired) electrons. The van der Waals surface area contributed by atoms with Crippen molar-refractivity contribution in [1.82, 2.24) is 15.0 Å². The number of aromatic amines is 1. The summed E-state index contributed by atoms with van der Waals surface area (Å²) in [7, 11) is 0. The van der Waals surface area contributed by atoms with E-state index in [9.17, 15) is 4.79 Å². The van der Waals surface area contributed by atoms with Gasteiger partial charge in [0.15, 0.2) is 0 Å². The molecule has 6 heteroatoms. The van der Waals surface area contributed by atoms with Gasteiger partial charge in [0.2, 0.25) is 5.95 Å². The Kier molecular flexibility index (Phi) is 4.50. The van der Waals surface area contributed by atoms with Crippen molar-refractivity contribution in [2.45, 2.75) is 0 Å². The summed E-state index contributed by atoms with van der Waals surface area (Å²) in [6.45, 7) is 0. The molecule has 144 valence electrons. The molecule has 0 saturated carbocycles. The number of fused-ring (bicyclic) bond motifs is 2. The fraction of sp³-hybridized carbons (Fsp3) is 0. The Bertz CT molecular complexity index is 1440. The van der Waals surface area contributed by atoms with Crippen molar-refractivity contribution in [3.8, 4) is 11.3 Å². The minimum Gasteiger partial charge on any atom is -0.321 e. The van der Waals surface area contributed by atoms with Gasteiger partial charge < -0.3 is 4.98 Å². The Balaban J connectivity index is 1.50. The second-order valence-electron chi connectivity index (χ2n) is 6.79. The molecule has 0 saturated heterocycles. The quantitative estimate of drug-likeness (QED) is 0.347. The second-order valence-corrected chi connectivity index (χ2v) is 6.79. The molecule has 0 unspecified atom stereocenters. The number of anilines is 1. The first-order chi connectivity index (χ1) is 14.8. The molecule has 6 nitrogen and oxygen atoms in total. The van der Waals surface area contributed by atoms with E-state index in [4.69, 9.17) is 0 Å². The summed E-state index contributed by atoms with van der Waals surface area (Å²) >= 11 is 0. The summed E-state index contributed by atoms with van der Waals surface area (Å²) in [5.74, 6) is 0.362. The number of rotatable bonds is 4. The molecule has 0 fully saturated rings. The van der Waals surface area contributed by atoms with Gasteiger partial charge in [0.1, 0.15) is 0 Å². The monoisotopic (exact) mass is 391 g/mol. The largest absolute Gasteiger partial charge is 0.321 e. The minimum atomic E-state index is -0.205. The van der Waals surface area contributed by atoms with E-state index in [-0.39, 0.29) is 5.56 Å². The maximum absolute atomic E-state index is 12.3. The van der Waals surface area contributed by atoms with Crippen LogP contribution in [0.2, 0.25) is 0 Å². The zero-order chi connectivity index (χ0) is 20.3. The van der Waals surface area contributed by atoms with E-state index in [1.165, 1.54) is 6.21 Å². The van der Waals surface area contributed by atoms with Gasteiger partial charge in [-0.3, -0.25) is 4.79 Å². The summed E-state index contributed by atoms with van der Waals surface area (Å²) in [4.78, 5) is 24.3. The van der Waals surface area contributed by atoms with E-state index in [2.05, 4.69) is 25.5 Å². The number of hydrazone groups is 1. The molecule has 0 spiro atoms. The Hall–Kier alpha value is -4.32. The van der Waals surface area contributed by atoms with Gasteiger partial charge in [0, 0.05) is 16.5 Å². The summed E-state index contributed by atoms with van der Waals surface area (Å²) in [6, 6.07) is 27.2. The van der Waals surface area contributed by atoms with Crippen molar-refractivity contribution >= 4 is 34.0 Å². The first-order valence-corrected chi connectivity index (χ1v) is 9.51. The molecule has 2 N–H and O–H groups in total. The first-order valence-electron chi connectivity index (χ1n) is 9.51. The highest BCUT2D eigenvalue weighted by molar-refractivity contribution is 5.93. The highest BCUT2D eigenvalue weighted by Gasteiger charge is 2.09. The molecule has 0 aliphatic heterocycles. The normalized spacial score (nSPS) is 11.3. The van der Waals surface area contributed by atoms with E-state index < -0.39 is 0 Å². The van der Waals surface area contributed by atoms with Crippen LogP contribution in [0.4, 0.5) is 5.95 Å². The molecule has 5 rings (SSSR count). The fourth-order valence-electron chi connectivity index (χ4n) is 3.36. The molecular formula is C24H17N5O. The van der Waals surface area contributed by atoms with Gasteiger partial charge >= 0.3 is 0 Å². The smallest absolute Gasteiger partial charge is 0.257 e. The number of nitrogens with one attached hydrogen (secondary N) is 2. The van der Waals surface area contributed by atoms with Crippen LogP contribution in [0.15, 0.2) is 94.8 Å². The van der Waals surface area contributed by atoms with Crippen LogP contribution in [-0.2, 0) is 0 Å². The van der Waals surface area contributed by atoms with Crippen LogP contribution in [0.25, 0.3) is 33.1 Å². The number of H-pyrrole nitrogens is 1. The van der Waals surface area contributed by atoms with Crippen molar-refractivity contribution in [3.63, 3.8) is 0 Å². The van der Waals surface area contributed by atoms with E-state index in [1.807, 2.05) is 78.9 Å². The minimum absolute atomic E-state index is 0.205. The maximum Gasteiger partial charge on any atom is 0.257 e. The molecule has 2 aromatic heterocycles. The third-order valence-corrected chi connectivity index (χ3v) is 4.80.